The van der Waals surface area contributed by atoms with Gasteiger partial charge < -0.3 is 14.7 Å². The Bertz CT molecular complexity index is 573. The first-order valence-electron chi connectivity index (χ1n) is 8.21. The molecule has 5 nitrogen and oxygen atoms in total. The first-order valence-corrected chi connectivity index (χ1v) is 8.59. The van der Waals surface area contributed by atoms with Gasteiger partial charge in [0.2, 0.25) is 0 Å². The number of nitrogens with zero attached hydrogens (tertiary/aromatic N) is 2. The fourth-order valence-electron chi connectivity index (χ4n) is 3.14. The second-order valence-electron chi connectivity index (χ2n) is 6.25. The number of carbonyl (C=O) groups is 1. The Balaban J connectivity index is 1.53. The van der Waals surface area contributed by atoms with Gasteiger partial charge in [-0.05, 0) is 30.2 Å². The third kappa shape index (κ3) is 3.79. The molecule has 2 aliphatic rings. The quantitative estimate of drug-likeness (QED) is 0.905. The predicted octanol–water partition coefficient (Wildman–Crippen LogP) is 1.56. The van der Waals surface area contributed by atoms with Crippen LogP contribution in [0.3, 0.4) is 0 Å². The molecule has 0 spiro atoms. The van der Waals surface area contributed by atoms with Gasteiger partial charge in [-0.3, -0.25) is 9.69 Å². The molecule has 0 aliphatic carbocycles. The zero-order valence-electron chi connectivity index (χ0n) is 13.4. The van der Waals surface area contributed by atoms with E-state index in [0.717, 1.165) is 30.8 Å². The third-order valence-corrected chi connectivity index (χ3v) is 4.83. The van der Waals surface area contributed by atoms with Crippen molar-refractivity contribution in [2.24, 2.45) is 0 Å². The number of amides is 1. The van der Waals surface area contributed by atoms with Crippen LogP contribution < -0.4 is 4.74 Å². The molecule has 23 heavy (non-hydrogen) atoms. The fraction of sp³-hybridized carbons (Fsp3) is 0.588. The van der Waals surface area contributed by atoms with Gasteiger partial charge >= 0.3 is 0 Å². The lowest BCUT2D eigenvalue weighted by atomic mass is 10.1. The lowest BCUT2D eigenvalue weighted by Gasteiger charge is -2.36. The standard InChI is InChI=1S/C17H23ClN2O3/c1-2-14(21)11-19-5-7-20(8-6-19)17(22)16-10-12-9-13(18)3-4-15(12)23-16/h3-4,9,14,16,21H,2,5-8,10-11H2,1H3. The van der Waals surface area contributed by atoms with E-state index in [2.05, 4.69) is 4.90 Å². The normalized spacial score (nSPS) is 22.6. The van der Waals surface area contributed by atoms with Crippen molar-refractivity contribution in [2.75, 3.05) is 32.7 Å². The highest BCUT2D eigenvalue weighted by Crippen LogP contribution is 2.31. The topological polar surface area (TPSA) is 53.0 Å². The van der Waals surface area contributed by atoms with Gasteiger partial charge in [-0.1, -0.05) is 18.5 Å². The van der Waals surface area contributed by atoms with Crippen LogP contribution >= 0.6 is 11.6 Å². The molecule has 6 heteroatoms. The fourth-order valence-corrected chi connectivity index (χ4v) is 3.33. The molecule has 3 rings (SSSR count). The number of ether oxygens (including phenoxy) is 1. The molecule has 2 heterocycles. The summed E-state index contributed by atoms with van der Waals surface area (Å²) in [4.78, 5) is 16.7. The SMILES string of the molecule is CCC(O)CN1CCN(C(=O)C2Cc3cc(Cl)ccc3O2)CC1. The van der Waals surface area contributed by atoms with Gasteiger partial charge in [-0.15, -0.1) is 0 Å². The number of aliphatic hydroxyl groups excluding tert-OH is 1. The highest BCUT2D eigenvalue weighted by molar-refractivity contribution is 6.30. The minimum atomic E-state index is -0.434. The van der Waals surface area contributed by atoms with Gasteiger partial charge in [0.15, 0.2) is 6.10 Å². The van der Waals surface area contributed by atoms with E-state index < -0.39 is 6.10 Å². The van der Waals surface area contributed by atoms with E-state index in [1.807, 2.05) is 24.0 Å². The maximum absolute atomic E-state index is 12.6. The zero-order valence-corrected chi connectivity index (χ0v) is 14.1. The van der Waals surface area contributed by atoms with Crippen molar-refractivity contribution in [1.82, 2.24) is 9.80 Å². The molecule has 126 valence electrons. The van der Waals surface area contributed by atoms with E-state index in [0.29, 0.717) is 31.1 Å². The molecule has 0 saturated carbocycles. The number of halogens is 1. The Kier molecular flexibility index (Phi) is 5.09. The molecule has 0 aromatic heterocycles. The molecule has 2 aliphatic heterocycles. The molecule has 0 radical (unpaired) electrons. The Morgan fingerprint density at radius 3 is 2.83 bits per heavy atom. The number of fused-ring (bicyclic) bond motifs is 1. The van der Waals surface area contributed by atoms with Crippen LogP contribution in [0.4, 0.5) is 0 Å². The summed E-state index contributed by atoms with van der Waals surface area (Å²) in [5.41, 5.74) is 1.00. The molecule has 0 bridgehead atoms. The van der Waals surface area contributed by atoms with Crippen molar-refractivity contribution >= 4 is 17.5 Å². The van der Waals surface area contributed by atoms with E-state index in [-0.39, 0.29) is 12.0 Å². The largest absolute Gasteiger partial charge is 0.480 e. The van der Waals surface area contributed by atoms with Crippen molar-refractivity contribution in [3.8, 4) is 5.75 Å². The van der Waals surface area contributed by atoms with Gasteiger partial charge in [0.25, 0.3) is 5.91 Å². The van der Waals surface area contributed by atoms with Gasteiger partial charge in [-0.25, -0.2) is 0 Å². The molecule has 2 unspecified atom stereocenters. The number of carbonyl (C=O) groups excluding carboxylic acids is 1. The number of β-amino-alcohol motifs (C(OH)–C–C–N with tert-alkyl or cyclic N) is 1. The molecular weight excluding hydrogens is 316 g/mol. The Morgan fingerprint density at radius 2 is 2.13 bits per heavy atom. The predicted molar refractivity (Wildman–Crippen MR) is 88.9 cm³/mol. The second kappa shape index (κ2) is 7.07. The summed E-state index contributed by atoms with van der Waals surface area (Å²) in [6, 6.07) is 5.48. The molecule has 1 N–H and O–H groups in total. The summed E-state index contributed by atoms with van der Waals surface area (Å²) in [5.74, 6) is 0.811. The number of benzene rings is 1. The zero-order chi connectivity index (χ0) is 16.4. The lowest BCUT2D eigenvalue weighted by molar-refractivity contribution is -0.139. The summed E-state index contributed by atoms with van der Waals surface area (Å²) in [5, 5.41) is 10.4. The maximum atomic E-state index is 12.6. The van der Waals surface area contributed by atoms with Crippen LogP contribution in [0.1, 0.15) is 18.9 Å². The van der Waals surface area contributed by atoms with Crippen molar-refractivity contribution in [1.29, 1.82) is 0 Å². The van der Waals surface area contributed by atoms with Crippen LogP contribution in [0, 0.1) is 0 Å². The average Bonchev–Trinajstić information content (AvgIpc) is 2.97. The number of piperazine rings is 1. The summed E-state index contributed by atoms with van der Waals surface area (Å²) < 4.78 is 5.78. The minimum absolute atomic E-state index is 0.0491. The molecule has 1 saturated heterocycles. The van der Waals surface area contributed by atoms with Gasteiger partial charge in [0.05, 0.1) is 6.10 Å². The van der Waals surface area contributed by atoms with Crippen molar-refractivity contribution in [3.63, 3.8) is 0 Å². The van der Waals surface area contributed by atoms with E-state index in [9.17, 15) is 9.90 Å². The minimum Gasteiger partial charge on any atom is -0.480 e. The van der Waals surface area contributed by atoms with E-state index in [1.165, 1.54) is 0 Å². The van der Waals surface area contributed by atoms with Crippen LogP contribution in [0.25, 0.3) is 0 Å². The van der Waals surface area contributed by atoms with Crippen LogP contribution in [-0.2, 0) is 11.2 Å². The van der Waals surface area contributed by atoms with Crippen LogP contribution in [0.15, 0.2) is 18.2 Å². The van der Waals surface area contributed by atoms with Gasteiger partial charge in [-0.2, -0.15) is 0 Å². The Labute approximate surface area is 141 Å². The number of aliphatic hydroxyl groups is 1. The number of rotatable bonds is 4. The smallest absolute Gasteiger partial charge is 0.264 e. The average molecular weight is 339 g/mol. The Hall–Kier alpha value is -1.30. The van der Waals surface area contributed by atoms with Gasteiger partial charge in [0, 0.05) is 44.2 Å². The first kappa shape index (κ1) is 16.6. The lowest BCUT2D eigenvalue weighted by Crippen LogP contribution is -2.53. The third-order valence-electron chi connectivity index (χ3n) is 4.60. The van der Waals surface area contributed by atoms with E-state index in [4.69, 9.17) is 16.3 Å². The monoisotopic (exact) mass is 338 g/mol. The van der Waals surface area contributed by atoms with E-state index in [1.54, 1.807) is 6.07 Å². The van der Waals surface area contributed by atoms with Crippen molar-refractivity contribution in [2.45, 2.75) is 32.0 Å². The molecule has 1 amide bonds. The van der Waals surface area contributed by atoms with Crippen LogP contribution in [-0.4, -0.2) is 65.7 Å². The van der Waals surface area contributed by atoms with Crippen molar-refractivity contribution in [3.05, 3.63) is 28.8 Å². The summed E-state index contributed by atoms with van der Waals surface area (Å²) in [6.45, 7) is 5.63. The molecular formula is C17H23ClN2O3. The van der Waals surface area contributed by atoms with Gasteiger partial charge in [0.1, 0.15) is 5.75 Å². The van der Waals surface area contributed by atoms with Crippen LogP contribution in [0.5, 0.6) is 5.75 Å². The second-order valence-corrected chi connectivity index (χ2v) is 6.69. The molecule has 2 atom stereocenters. The Morgan fingerprint density at radius 1 is 1.39 bits per heavy atom. The summed E-state index contributed by atoms with van der Waals surface area (Å²) in [7, 11) is 0. The number of hydrogen-bond donors (Lipinski definition) is 1. The number of hydrogen-bond acceptors (Lipinski definition) is 4. The van der Waals surface area contributed by atoms with E-state index >= 15 is 0 Å². The highest BCUT2D eigenvalue weighted by Gasteiger charge is 2.34. The molecule has 1 aromatic rings. The van der Waals surface area contributed by atoms with Crippen LogP contribution in [0.2, 0.25) is 5.02 Å². The maximum Gasteiger partial charge on any atom is 0.264 e. The van der Waals surface area contributed by atoms with Crippen molar-refractivity contribution < 1.29 is 14.6 Å². The molecule has 1 fully saturated rings. The summed E-state index contributed by atoms with van der Waals surface area (Å²) in [6.07, 6.45) is 0.630. The first-order chi connectivity index (χ1) is 11.1. The summed E-state index contributed by atoms with van der Waals surface area (Å²) >= 11 is 5.99. The highest BCUT2D eigenvalue weighted by atomic mass is 35.5. The molecule has 1 aromatic carbocycles.